The van der Waals surface area contributed by atoms with Gasteiger partial charge in [-0.15, -0.1) is 0 Å². The summed E-state index contributed by atoms with van der Waals surface area (Å²) in [6.07, 6.45) is 0. The fourth-order valence-electron chi connectivity index (χ4n) is 2.31. The average molecular weight is 384 g/mol. The first kappa shape index (κ1) is 19.5. The Morgan fingerprint density at radius 3 is 2.60 bits per heavy atom. The van der Waals surface area contributed by atoms with Gasteiger partial charge in [-0.2, -0.15) is 0 Å². The number of nitrogens with zero attached hydrogens (tertiary/aromatic N) is 1. The largest absolute Gasteiger partial charge is 0.392 e. The van der Waals surface area contributed by atoms with Crippen LogP contribution in [0.2, 0.25) is 10.0 Å². The van der Waals surface area contributed by atoms with Crippen LogP contribution in [0.15, 0.2) is 41.4 Å². The van der Waals surface area contributed by atoms with Crippen LogP contribution in [-0.4, -0.2) is 18.1 Å². The molecule has 134 valence electrons. The highest BCUT2D eigenvalue weighted by atomic mass is 35.5. The van der Waals surface area contributed by atoms with Gasteiger partial charge < -0.3 is 15.7 Å². The van der Waals surface area contributed by atoms with Crippen LogP contribution in [0.1, 0.15) is 29.7 Å². The van der Waals surface area contributed by atoms with E-state index in [0.717, 1.165) is 11.1 Å². The monoisotopic (exact) mass is 383 g/mol. The molecule has 0 amide bonds. The molecule has 0 saturated heterocycles. The van der Waals surface area contributed by atoms with Crippen molar-refractivity contribution in [2.45, 2.75) is 26.1 Å². The first-order chi connectivity index (χ1) is 11.9. The highest BCUT2D eigenvalue weighted by Crippen LogP contribution is 2.25. The molecule has 0 radical (unpaired) electrons. The molecule has 3 N–H and O–H groups in total. The van der Waals surface area contributed by atoms with Crippen LogP contribution in [0.25, 0.3) is 0 Å². The van der Waals surface area contributed by atoms with Crippen LogP contribution in [0, 0.1) is 5.82 Å². The molecule has 0 aliphatic carbocycles. The quantitative estimate of drug-likeness (QED) is 0.539. The molecule has 7 heteroatoms. The highest BCUT2D eigenvalue weighted by Gasteiger charge is 2.10. The van der Waals surface area contributed by atoms with Crippen molar-refractivity contribution in [1.29, 1.82) is 0 Å². The number of hydrogen-bond acceptors (Lipinski definition) is 2. The van der Waals surface area contributed by atoms with Crippen LogP contribution in [0.4, 0.5) is 4.39 Å². The lowest BCUT2D eigenvalue weighted by Crippen LogP contribution is -2.38. The second-order valence-electron chi connectivity index (χ2n) is 5.55. The summed E-state index contributed by atoms with van der Waals surface area (Å²) in [5.74, 6) is 0.176. The van der Waals surface area contributed by atoms with Gasteiger partial charge in [0.1, 0.15) is 5.82 Å². The number of rotatable bonds is 5. The molecule has 0 aliphatic heterocycles. The molecule has 2 aromatic carbocycles. The lowest BCUT2D eigenvalue weighted by molar-refractivity contribution is 0.275. The first-order valence-corrected chi connectivity index (χ1v) is 8.50. The van der Waals surface area contributed by atoms with Gasteiger partial charge in [0.15, 0.2) is 5.96 Å². The molecule has 1 atom stereocenters. The topological polar surface area (TPSA) is 56.7 Å². The van der Waals surface area contributed by atoms with Crippen LogP contribution in [-0.2, 0) is 13.2 Å². The van der Waals surface area contributed by atoms with E-state index in [1.807, 2.05) is 19.1 Å². The molecule has 1 unspecified atom stereocenters. The number of guanidine groups is 1. The maximum atomic E-state index is 13.4. The fraction of sp³-hybridized carbons (Fsp3) is 0.278. The van der Waals surface area contributed by atoms with Gasteiger partial charge in [0, 0.05) is 19.2 Å². The first-order valence-electron chi connectivity index (χ1n) is 7.75. The number of aliphatic hydroxyl groups excluding tert-OH is 1. The minimum atomic E-state index is -0.415. The van der Waals surface area contributed by atoms with Crippen molar-refractivity contribution in [3.63, 3.8) is 0 Å². The van der Waals surface area contributed by atoms with E-state index < -0.39 is 5.82 Å². The summed E-state index contributed by atoms with van der Waals surface area (Å²) >= 11 is 12.0. The summed E-state index contributed by atoms with van der Waals surface area (Å²) in [5.41, 5.74) is 2.09. The van der Waals surface area contributed by atoms with Crippen LogP contribution < -0.4 is 10.6 Å². The zero-order chi connectivity index (χ0) is 18.4. The Hall–Kier alpha value is -1.82. The van der Waals surface area contributed by atoms with E-state index in [2.05, 4.69) is 15.6 Å². The second kappa shape index (κ2) is 9.04. The van der Waals surface area contributed by atoms with E-state index in [4.69, 9.17) is 28.3 Å². The molecule has 0 fully saturated rings. The van der Waals surface area contributed by atoms with Crippen molar-refractivity contribution >= 4 is 29.2 Å². The van der Waals surface area contributed by atoms with Gasteiger partial charge in [0.25, 0.3) is 0 Å². The summed E-state index contributed by atoms with van der Waals surface area (Å²) in [5, 5.41) is 16.6. The Labute approximate surface area is 156 Å². The molecule has 0 aliphatic rings. The van der Waals surface area contributed by atoms with Crippen molar-refractivity contribution < 1.29 is 9.50 Å². The van der Waals surface area contributed by atoms with Gasteiger partial charge in [-0.3, -0.25) is 4.99 Å². The van der Waals surface area contributed by atoms with Crippen molar-refractivity contribution in [3.05, 3.63) is 69.0 Å². The van der Waals surface area contributed by atoms with Gasteiger partial charge in [-0.1, -0.05) is 35.3 Å². The maximum absolute atomic E-state index is 13.4. The summed E-state index contributed by atoms with van der Waals surface area (Å²) in [6, 6.07) is 10.0. The minimum absolute atomic E-state index is 0.0396. The minimum Gasteiger partial charge on any atom is -0.392 e. The number of hydrogen-bond donors (Lipinski definition) is 3. The SMILES string of the molecule is CN=C(NCc1ccc(F)c(CO)c1)NC(C)c1ccc(Cl)c(Cl)c1. The van der Waals surface area contributed by atoms with Crippen LogP contribution in [0.3, 0.4) is 0 Å². The Morgan fingerprint density at radius 1 is 1.20 bits per heavy atom. The predicted molar refractivity (Wildman–Crippen MR) is 101 cm³/mol. The lowest BCUT2D eigenvalue weighted by Gasteiger charge is -2.19. The molecule has 2 aromatic rings. The molecule has 0 aromatic heterocycles. The fourth-order valence-corrected chi connectivity index (χ4v) is 2.62. The van der Waals surface area contributed by atoms with Crippen LogP contribution >= 0.6 is 23.2 Å². The lowest BCUT2D eigenvalue weighted by atomic mass is 10.1. The van der Waals surface area contributed by atoms with E-state index >= 15 is 0 Å². The van der Waals surface area contributed by atoms with E-state index in [9.17, 15) is 4.39 Å². The molecule has 25 heavy (non-hydrogen) atoms. The molecule has 0 saturated carbocycles. The van der Waals surface area contributed by atoms with E-state index in [0.29, 0.717) is 22.5 Å². The smallest absolute Gasteiger partial charge is 0.191 e. The van der Waals surface area contributed by atoms with Gasteiger partial charge in [0.2, 0.25) is 0 Å². The summed E-state index contributed by atoms with van der Waals surface area (Å²) in [6.45, 7) is 2.09. The van der Waals surface area contributed by atoms with E-state index in [1.165, 1.54) is 6.07 Å². The maximum Gasteiger partial charge on any atom is 0.191 e. The molecule has 2 rings (SSSR count). The number of nitrogens with one attached hydrogen (secondary N) is 2. The molecule has 0 spiro atoms. The van der Waals surface area contributed by atoms with E-state index in [-0.39, 0.29) is 18.2 Å². The molecule has 4 nitrogen and oxygen atoms in total. The van der Waals surface area contributed by atoms with Crippen molar-refractivity contribution in [3.8, 4) is 0 Å². The van der Waals surface area contributed by atoms with Gasteiger partial charge in [-0.25, -0.2) is 4.39 Å². The highest BCUT2D eigenvalue weighted by molar-refractivity contribution is 6.42. The zero-order valence-electron chi connectivity index (χ0n) is 14.0. The summed E-state index contributed by atoms with van der Waals surface area (Å²) in [7, 11) is 1.67. The number of aliphatic hydroxyl groups is 1. The van der Waals surface area contributed by atoms with Crippen LogP contribution in [0.5, 0.6) is 0 Å². The molecule has 0 heterocycles. The molecular weight excluding hydrogens is 364 g/mol. The third kappa shape index (κ3) is 5.33. The number of benzene rings is 2. The predicted octanol–water partition coefficient (Wildman–Crippen LogP) is 4.05. The van der Waals surface area contributed by atoms with Crippen molar-refractivity contribution in [2.75, 3.05) is 7.05 Å². The number of aliphatic imine (C=N–C) groups is 1. The summed E-state index contributed by atoms with van der Waals surface area (Å²) < 4.78 is 13.4. The average Bonchev–Trinajstić information content (AvgIpc) is 2.61. The second-order valence-corrected chi connectivity index (χ2v) is 6.36. The Bertz CT molecular complexity index is 768. The molecular formula is C18H20Cl2FN3O. The Balaban J connectivity index is 1.99. The zero-order valence-corrected chi connectivity index (χ0v) is 15.5. The van der Waals surface area contributed by atoms with Gasteiger partial charge >= 0.3 is 0 Å². The van der Waals surface area contributed by atoms with Gasteiger partial charge in [-0.05, 0) is 42.3 Å². The Morgan fingerprint density at radius 2 is 1.96 bits per heavy atom. The number of halogens is 3. The van der Waals surface area contributed by atoms with Crippen molar-refractivity contribution in [1.82, 2.24) is 10.6 Å². The molecule has 0 bridgehead atoms. The standard InChI is InChI=1S/C18H20Cl2FN3O/c1-11(13-4-5-15(19)16(20)8-13)24-18(22-2)23-9-12-3-6-17(21)14(7-12)10-25/h3-8,11,25H,9-10H2,1-2H3,(H2,22,23,24). The van der Waals surface area contributed by atoms with Crippen molar-refractivity contribution in [2.24, 2.45) is 4.99 Å². The van der Waals surface area contributed by atoms with Gasteiger partial charge in [0.05, 0.1) is 22.7 Å². The summed E-state index contributed by atoms with van der Waals surface area (Å²) in [4.78, 5) is 4.18. The van der Waals surface area contributed by atoms with E-state index in [1.54, 1.807) is 25.2 Å². The third-order valence-electron chi connectivity index (χ3n) is 3.76. The third-order valence-corrected chi connectivity index (χ3v) is 4.50. The Kier molecular flexibility index (Phi) is 7.05. The normalized spacial score (nSPS) is 12.8.